The number of rotatable bonds is 4. The van der Waals surface area contributed by atoms with E-state index in [-0.39, 0.29) is 0 Å². The molecule has 1 heteroatoms. The van der Waals surface area contributed by atoms with Crippen molar-refractivity contribution in [3.05, 3.63) is 36.1 Å². The molecular formula is C15H27N. The molecule has 0 radical (unpaired) electrons. The van der Waals surface area contributed by atoms with Crippen LogP contribution in [0.2, 0.25) is 0 Å². The third-order valence-corrected chi connectivity index (χ3v) is 2.30. The summed E-state index contributed by atoms with van der Waals surface area (Å²) in [5, 5.41) is 0. The maximum absolute atomic E-state index is 4.22. The molecule has 0 saturated heterocycles. The minimum atomic E-state index is 0.552. The van der Waals surface area contributed by atoms with Crippen LogP contribution in [0.25, 0.3) is 0 Å². The quantitative estimate of drug-likeness (QED) is 0.459. The van der Waals surface area contributed by atoms with Gasteiger partial charge in [0.15, 0.2) is 0 Å². The topological polar surface area (TPSA) is 12.4 Å². The van der Waals surface area contributed by atoms with Gasteiger partial charge in [0.25, 0.3) is 0 Å². The molecule has 0 aromatic rings. The van der Waals surface area contributed by atoms with E-state index in [0.29, 0.717) is 5.92 Å². The molecule has 0 bridgehead atoms. The van der Waals surface area contributed by atoms with Crippen LogP contribution >= 0.6 is 0 Å². The molecule has 0 rings (SSSR count). The number of nitrogens with zero attached hydrogens (tertiary/aromatic N) is 1. The van der Waals surface area contributed by atoms with Crippen LogP contribution in [0.4, 0.5) is 0 Å². The maximum Gasteiger partial charge on any atom is 0.0444 e. The molecule has 0 aliphatic heterocycles. The van der Waals surface area contributed by atoms with Gasteiger partial charge in [0.05, 0.1) is 0 Å². The molecule has 16 heavy (non-hydrogen) atoms. The summed E-state index contributed by atoms with van der Waals surface area (Å²) in [6, 6.07) is 0. The highest BCUT2D eigenvalue weighted by Crippen LogP contribution is 2.16. The Balaban J connectivity index is 0. The lowest BCUT2D eigenvalue weighted by molar-refractivity contribution is 0.765. The Morgan fingerprint density at radius 3 is 2.00 bits per heavy atom. The largest absolute Gasteiger partial charge is 0.262 e. The molecule has 1 nitrogen and oxygen atoms in total. The Hall–Kier alpha value is -1.11. The Morgan fingerprint density at radius 1 is 1.19 bits per heavy atom. The van der Waals surface area contributed by atoms with Gasteiger partial charge in [0, 0.05) is 11.9 Å². The van der Waals surface area contributed by atoms with Crippen molar-refractivity contribution in [2.45, 2.75) is 48.5 Å². The lowest BCUT2D eigenvalue weighted by Crippen LogP contribution is -2.02. The standard InChI is InChI=1S/C13H21N.C2H6/c1-7-9-13(11(5)10(3)4)12(6)14-8-2;1-2/h7-10H,2H2,1,3-6H3;1-2H3/b9-7-,13-11+,14-12?;. The first-order chi connectivity index (χ1) is 7.54. The molecule has 0 heterocycles. The van der Waals surface area contributed by atoms with Crippen molar-refractivity contribution in [1.82, 2.24) is 0 Å². The van der Waals surface area contributed by atoms with E-state index in [1.807, 2.05) is 33.8 Å². The second-order valence-electron chi connectivity index (χ2n) is 3.65. The van der Waals surface area contributed by atoms with Crippen molar-refractivity contribution in [2.24, 2.45) is 10.9 Å². The van der Waals surface area contributed by atoms with E-state index in [9.17, 15) is 0 Å². The fourth-order valence-electron chi connectivity index (χ4n) is 1.22. The van der Waals surface area contributed by atoms with Gasteiger partial charge in [-0.1, -0.05) is 52.0 Å². The molecule has 0 aliphatic rings. The van der Waals surface area contributed by atoms with Crippen LogP contribution in [-0.4, -0.2) is 5.71 Å². The summed E-state index contributed by atoms with van der Waals surface area (Å²) >= 11 is 0. The number of aliphatic imine (C=N–C) groups is 1. The van der Waals surface area contributed by atoms with E-state index in [4.69, 9.17) is 0 Å². The van der Waals surface area contributed by atoms with Crippen molar-refractivity contribution in [3.63, 3.8) is 0 Å². The van der Waals surface area contributed by atoms with Crippen molar-refractivity contribution >= 4 is 5.71 Å². The van der Waals surface area contributed by atoms with Gasteiger partial charge in [-0.05, 0) is 32.3 Å². The van der Waals surface area contributed by atoms with Gasteiger partial charge in [-0.3, -0.25) is 4.99 Å². The van der Waals surface area contributed by atoms with Crippen molar-refractivity contribution in [2.75, 3.05) is 0 Å². The van der Waals surface area contributed by atoms with Gasteiger partial charge < -0.3 is 0 Å². The van der Waals surface area contributed by atoms with Gasteiger partial charge in [-0.15, -0.1) is 0 Å². The summed E-state index contributed by atoms with van der Waals surface area (Å²) < 4.78 is 0. The minimum Gasteiger partial charge on any atom is -0.262 e. The lowest BCUT2D eigenvalue weighted by Gasteiger charge is -2.11. The summed E-state index contributed by atoms with van der Waals surface area (Å²) in [6.07, 6.45) is 5.74. The zero-order chi connectivity index (χ0) is 13.1. The highest BCUT2D eigenvalue weighted by atomic mass is 14.7. The predicted molar refractivity (Wildman–Crippen MR) is 77.0 cm³/mol. The maximum atomic E-state index is 4.22. The molecule has 0 N–H and O–H groups in total. The van der Waals surface area contributed by atoms with Gasteiger partial charge in [0.2, 0.25) is 0 Å². The summed E-state index contributed by atoms with van der Waals surface area (Å²) in [5.41, 5.74) is 3.62. The Bertz CT molecular complexity index is 278. The molecule has 0 unspecified atom stereocenters. The van der Waals surface area contributed by atoms with Gasteiger partial charge >= 0.3 is 0 Å². The van der Waals surface area contributed by atoms with Crippen LogP contribution in [-0.2, 0) is 0 Å². The van der Waals surface area contributed by atoms with Crippen molar-refractivity contribution < 1.29 is 0 Å². The fourth-order valence-corrected chi connectivity index (χ4v) is 1.22. The van der Waals surface area contributed by atoms with Gasteiger partial charge in [0.1, 0.15) is 0 Å². The summed E-state index contributed by atoms with van der Waals surface area (Å²) in [4.78, 5) is 4.22. The van der Waals surface area contributed by atoms with Crippen LogP contribution < -0.4 is 0 Å². The SMILES string of the molecule is C=CN=C(C)C(/C=C\C)=C(\C)C(C)C.CC. The smallest absolute Gasteiger partial charge is 0.0444 e. The molecular weight excluding hydrogens is 194 g/mol. The summed E-state index contributed by atoms with van der Waals surface area (Å²) in [6.45, 7) is 18.2. The third-order valence-electron chi connectivity index (χ3n) is 2.30. The first-order valence-electron chi connectivity index (χ1n) is 6.03. The summed E-state index contributed by atoms with van der Waals surface area (Å²) in [5.74, 6) is 0.552. The van der Waals surface area contributed by atoms with E-state index in [1.54, 1.807) is 6.20 Å². The predicted octanol–water partition coefficient (Wildman–Crippen LogP) is 5.17. The number of allylic oxidation sites excluding steroid dienone is 4. The fraction of sp³-hybridized carbons (Fsp3) is 0.533. The minimum absolute atomic E-state index is 0.552. The molecule has 0 amide bonds. The summed E-state index contributed by atoms with van der Waals surface area (Å²) in [7, 11) is 0. The molecule has 92 valence electrons. The molecule has 0 atom stereocenters. The van der Waals surface area contributed by atoms with Crippen molar-refractivity contribution in [1.29, 1.82) is 0 Å². The van der Waals surface area contributed by atoms with Gasteiger partial charge in [-0.25, -0.2) is 0 Å². The van der Waals surface area contributed by atoms with E-state index >= 15 is 0 Å². The van der Waals surface area contributed by atoms with E-state index in [1.165, 1.54) is 11.1 Å². The first kappa shape index (κ1) is 17.3. The monoisotopic (exact) mass is 221 g/mol. The highest BCUT2D eigenvalue weighted by molar-refractivity contribution is 6.01. The Labute approximate surface area is 102 Å². The van der Waals surface area contributed by atoms with E-state index in [0.717, 1.165) is 5.71 Å². The molecule has 0 aromatic heterocycles. The van der Waals surface area contributed by atoms with Crippen LogP contribution in [0.15, 0.2) is 41.1 Å². The second kappa shape index (κ2) is 10.4. The van der Waals surface area contributed by atoms with E-state index < -0.39 is 0 Å². The Kier molecular flexibility index (Phi) is 11.2. The van der Waals surface area contributed by atoms with Crippen LogP contribution in [0, 0.1) is 5.92 Å². The van der Waals surface area contributed by atoms with Crippen LogP contribution in [0.5, 0.6) is 0 Å². The second-order valence-corrected chi connectivity index (χ2v) is 3.65. The Morgan fingerprint density at radius 2 is 1.69 bits per heavy atom. The average Bonchev–Trinajstić information content (AvgIpc) is 2.27. The zero-order valence-corrected chi connectivity index (χ0v) is 12.0. The first-order valence-corrected chi connectivity index (χ1v) is 6.03. The molecule has 0 aliphatic carbocycles. The molecule has 0 fully saturated rings. The van der Waals surface area contributed by atoms with E-state index in [2.05, 4.69) is 38.4 Å². The van der Waals surface area contributed by atoms with Crippen molar-refractivity contribution in [3.8, 4) is 0 Å². The van der Waals surface area contributed by atoms with Crippen LogP contribution in [0.3, 0.4) is 0 Å². The average molecular weight is 221 g/mol. The normalized spacial score (nSPS) is 13.4. The zero-order valence-electron chi connectivity index (χ0n) is 12.0. The van der Waals surface area contributed by atoms with Gasteiger partial charge in [-0.2, -0.15) is 0 Å². The van der Waals surface area contributed by atoms with Crippen LogP contribution in [0.1, 0.15) is 48.5 Å². The number of hydrogen-bond donors (Lipinski definition) is 0. The number of hydrogen-bond acceptors (Lipinski definition) is 1. The highest BCUT2D eigenvalue weighted by Gasteiger charge is 2.05. The molecule has 0 aromatic carbocycles. The third kappa shape index (κ3) is 6.39. The molecule has 0 saturated carbocycles. The lowest BCUT2D eigenvalue weighted by atomic mass is 9.96. The molecule has 0 spiro atoms.